The van der Waals surface area contributed by atoms with Gasteiger partial charge in [0.1, 0.15) is 17.3 Å². The van der Waals surface area contributed by atoms with Gasteiger partial charge in [0.25, 0.3) is 0 Å². The van der Waals surface area contributed by atoms with Gasteiger partial charge in [-0.1, -0.05) is 18.2 Å². The second-order valence-electron chi connectivity index (χ2n) is 5.11. The standard InChI is InChI=1S/C17H16ClFO2/c18-10-12-7-14(19)9-15(8-12)21-11-13-5-6-20-17-4-2-1-3-16(13)17/h1-4,7-9,13H,5-6,10-11H2. The van der Waals surface area contributed by atoms with Crippen molar-refractivity contribution in [2.24, 2.45) is 0 Å². The molecule has 1 aliphatic heterocycles. The van der Waals surface area contributed by atoms with Gasteiger partial charge in [-0.25, -0.2) is 4.39 Å². The lowest BCUT2D eigenvalue weighted by Crippen LogP contribution is -2.19. The zero-order valence-corrected chi connectivity index (χ0v) is 12.3. The van der Waals surface area contributed by atoms with Crippen LogP contribution >= 0.6 is 11.6 Å². The lowest BCUT2D eigenvalue weighted by atomic mass is 9.94. The molecule has 1 aliphatic rings. The summed E-state index contributed by atoms with van der Waals surface area (Å²) in [6.45, 7) is 1.19. The molecule has 0 fully saturated rings. The Balaban J connectivity index is 1.73. The van der Waals surface area contributed by atoms with Gasteiger partial charge in [0, 0.05) is 23.4 Å². The van der Waals surface area contributed by atoms with Crippen molar-refractivity contribution in [3.63, 3.8) is 0 Å². The Morgan fingerprint density at radius 3 is 2.95 bits per heavy atom. The average Bonchev–Trinajstić information content (AvgIpc) is 2.52. The molecule has 4 heteroatoms. The first kappa shape index (κ1) is 14.2. The number of hydrogen-bond acceptors (Lipinski definition) is 2. The number of alkyl halides is 1. The molecule has 0 saturated heterocycles. The van der Waals surface area contributed by atoms with Crippen molar-refractivity contribution < 1.29 is 13.9 Å². The number of para-hydroxylation sites is 1. The van der Waals surface area contributed by atoms with Gasteiger partial charge in [-0.2, -0.15) is 0 Å². The van der Waals surface area contributed by atoms with E-state index in [2.05, 4.69) is 6.07 Å². The molecule has 2 aromatic rings. The molecule has 0 bridgehead atoms. The first-order valence-electron chi connectivity index (χ1n) is 6.96. The number of fused-ring (bicyclic) bond motifs is 1. The van der Waals surface area contributed by atoms with E-state index in [1.807, 2.05) is 18.2 Å². The third-order valence-corrected chi connectivity index (χ3v) is 3.93. The van der Waals surface area contributed by atoms with Crippen LogP contribution in [-0.2, 0) is 5.88 Å². The van der Waals surface area contributed by atoms with Crippen LogP contribution in [0.15, 0.2) is 42.5 Å². The summed E-state index contributed by atoms with van der Waals surface area (Å²) < 4.78 is 24.9. The van der Waals surface area contributed by atoms with Crippen LogP contribution in [0.3, 0.4) is 0 Å². The van der Waals surface area contributed by atoms with Gasteiger partial charge in [0.15, 0.2) is 0 Å². The summed E-state index contributed by atoms with van der Waals surface area (Å²) in [4.78, 5) is 0. The fourth-order valence-electron chi connectivity index (χ4n) is 2.57. The predicted octanol–water partition coefficient (Wildman–Crippen LogP) is 4.51. The van der Waals surface area contributed by atoms with Gasteiger partial charge < -0.3 is 9.47 Å². The predicted molar refractivity (Wildman–Crippen MR) is 80.7 cm³/mol. The quantitative estimate of drug-likeness (QED) is 0.774. The van der Waals surface area contributed by atoms with E-state index in [1.165, 1.54) is 12.1 Å². The molecule has 2 aromatic carbocycles. The van der Waals surface area contributed by atoms with E-state index in [4.69, 9.17) is 21.1 Å². The maximum absolute atomic E-state index is 13.5. The van der Waals surface area contributed by atoms with E-state index in [-0.39, 0.29) is 17.6 Å². The Labute approximate surface area is 128 Å². The van der Waals surface area contributed by atoms with Crippen LogP contribution in [0.5, 0.6) is 11.5 Å². The highest BCUT2D eigenvalue weighted by Crippen LogP contribution is 2.33. The minimum absolute atomic E-state index is 0.262. The number of benzene rings is 2. The largest absolute Gasteiger partial charge is 0.493 e. The maximum Gasteiger partial charge on any atom is 0.127 e. The minimum Gasteiger partial charge on any atom is -0.493 e. The van der Waals surface area contributed by atoms with Crippen molar-refractivity contribution in [1.29, 1.82) is 0 Å². The molecule has 1 unspecified atom stereocenters. The van der Waals surface area contributed by atoms with E-state index in [0.29, 0.717) is 19.0 Å². The zero-order chi connectivity index (χ0) is 14.7. The van der Waals surface area contributed by atoms with Crippen LogP contribution in [0.1, 0.15) is 23.5 Å². The number of hydrogen-bond donors (Lipinski definition) is 0. The number of rotatable bonds is 4. The first-order chi connectivity index (χ1) is 10.3. The molecule has 110 valence electrons. The molecule has 0 aliphatic carbocycles. The van der Waals surface area contributed by atoms with Crippen LogP contribution in [0, 0.1) is 5.82 Å². The highest BCUT2D eigenvalue weighted by atomic mass is 35.5. The van der Waals surface area contributed by atoms with Gasteiger partial charge in [-0.05, 0) is 30.2 Å². The summed E-state index contributed by atoms with van der Waals surface area (Å²) >= 11 is 5.75. The van der Waals surface area contributed by atoms with Crippen molar-refractivity contribution in [2.45, 2.75) is 18.2 Å². The molecule has 0 saturated carbocycles. The van der Waals surface area contributed by atoms with Crippen LogP contribution < -0.4 is 9.47 Å². The second-order valence-corrected chi connectivity index (χ2v) is 5.38. The van der Waals surface area contributed by atoms with E-state index < -0.39 is 0 Å². The molecule has 1 heterocycles. The Hall–Kier alpha value is -1.74. The minimum atomic E-state index is -0.324. The van der Waals surface area contributed by atoms with Crippen molar-refractivity contribution in [3.8, 4) is 11.5 Å². The molecule has 0 radical (unpaired) electrons. The Morgan fingerprint density at radius 2 is 2.10 bits per heavy atom. The smallest absolute Gasteiger partial charge is 0.127 e. The number of ether oxygens (including phenoxy) is 2. The zero-order valence-electron chi connectivity index (χ0n) is 11.5. The van der Waals surface area contributed by atoms with Gasteiger partial charge in [0.05, 0.1) is 13.2 Å². The summed E-state index contributed by atoms with van der Waals surface area (Å²) in [5, 5.41) is 0. The van der Waals surface area contributed by atoms with Gasteiger partial charge in [0.2, 0.25) is 0 Å². The SMILES string of the molecule is Fc1cc(CCl)cc(OCC2CCOc3ccccc32)c1. The fourth-order valence-corrected chi connectivity index (χ4v) is 2.72. The molecule has 0 spiro atoms. The Morgan fingerprint density at radius 1 is 1.24 bits per heavy atom. The Bertz CT molecular complexity index is 630. The highest BCUT2D eigenvalue weighted by Gasteiger charge is 2.21. The van der Waals surface area contributed by atoms with Crippen LogP contribution in [0.25, 0.3) is 0 Å². The summed E-state index contributed by atoms with van der Waals surface area (Å²) in [6.07, 6.45) is 0.898. The van der Waals surface area contributed by atoms with Crippen molar-refractivity contribution >= 4 is 11.6 Å². The monoisotopic (exact) mass is 306 g/mol. The molecule has 0 aromatic heterocycles. The molecule has 1 atom stereocenters. The molecular weight excluding hydrogens is 291 g/mol. The first-order valence-corrected chi connectivity index (χ1v) is 7.49. The van der Waals surface area contributed by atoms with Gasteiger partial charge in [-0.15, -0.1) is 11.6 Å². The third-order valence-electron chi connectivity index (χ3n) is 3.62. The van der Waals surface area contributed by atoms with E-state index in [0.717, 1.165) is 23.3 Å². The summed E-state index contributed by atoms with van der Waals surface area (Å²) in [6, 6.07) is 12.6. The molecule has 2 nitrogen and oxygen atoms in total. The van der Waals surface area contributed by atoms with Crippen molar-refractivity contribution in [3.05, 3.63) is 59.4 Å². The van der Waals surface area contributed by atoms with Crippen LogP contribution in [0.2, 0.25) is 0 Å². The van der Waals surface area contributed by atoms with E-state index >= 15 is 0 Å². The van der Waals surface area contributed by atoms with Gasteiger partial charge >= 0.3 is 0 Å². The summed E-state index contributed by atoms with van der Waals surface area (Å²) in [5.41, 5.74) is 1.87. The third kappa shape index (κ3) is 3.30. The average molecular weight is 307 g/mol. The van der Waals surface area contributed by atoms with Crippen molar-refractivity contribution in [2.75, 3.05) is 13.2 Å². The molecule has 3 rings (SSSR count). The van der Waals surface area contributed by atoms with E-state index in [1.54, 1.807) is 6.07 Å². The van der Waals surface area contributed by atoms with E-state index in [9.17, 15) is 4.39 Å². The lowest BCUT2D eigenvalue weighted by Gasteiger charge is -2.25. The van der Waals surface area contributed by atoms with Crippen LogP contribution in [-0.4, -0.2) is 13.2 Å². The molecule has 0 N–H and O–H groups in total. The van der Waals surface area contributed by atoms with Gasteiger partial charge in [-0.3, -0.25) is 0 Å². The summed E-state index contributed by atoms with van der Waals surface area (Å²) in [5.74, 6) is 1.65. The normalized spacial score (nSPS) is 17.0. The maximum atomic E-state index is 13.5. The fraction of sp³-hybridized carbons (Fsp3) is 0.294. The number of halogens is 2. The Kier molecular flexibility index (Phi) is 4.30. The lowest BCUT2D eigenvalue weighted by molar-refractivity contribution is 0.217. The van der Waals surface area contributed by atoms with Crippen molar-refractivity contribution in [1.82, 2.24) is 0 Å². The molecule has 21 heavy (non-hydrogen) atoms. The van der Waals surface area contributed by atoms with Crippen LogP contribution in [0.4, 0.5) is 4.39 Å². The topological polar surface area (TPSA) is 18.5 Å². The summed E-state index contributed by atoms with van der Waals surface area (Å²) in [7, 11) is 0. The molecule has 0 amide bonds. The highest BCUT2D eigenvalue weighted by molar-refractivity contribution is 6.17. The second kappa shape index (κ2) is 6.35. The molecular formula is C17H16ClFO2.